The summed E-state index contributed by atoms with van der Waals surface area (Å²) in [6, 6.07) is 16.1. The fourth-order valence-corrected chi connectivity index (χ4v) is 5.08. The fraction of sp³-hybridized carbons (Fsp3) is 0.185. The summed E-state index contributed by atoms with van der Waals surface area (Å²) in [5.41, 5.74) is 16.8. The number of nitrogens with two attached hydrogens (primary N) is 2. The van der Waals surface area contributed by atoms with Crippen LogP contribution >= 0.6 is 0 Å². The molecule has 4 heterocycles. The van der Waals surface area contributed by atoms with E-state index in [4.69, 9.17) is 16.2 Å². The molecule has 1 fully saturated rings. The molecule has 9 nitrogen and oxygen atoms in total. The van der Waals surface area contributed by atoms with Gasteiger partial charge in [-0.2, -0.15) is 10.2 Å². The van der Waals surface area contributed by atoms with Crippen molar-refractivity contribution in [3.63, 3.8) is 0 Å². The van der Waals surface area contributed by atoms with Gasteiger partial charge < -0.3 is 16.2 Å². The van der Waals surface area contributed by atoms with Crippen molar-refractivity contribution in [2.75, 3.05) is 18.9 Å². The highest BCUT2D eigenvalue weighted by Crippen LogP contribution is 2.38. The van der Waals surface area contributed by atoms with Crippen LogP contribution in [0.3, 0.4) is 0 Å². The molecule has 0 radical (unpaired) electrons. The van der Waals surface area contributed by atoms with E-state index < -0.39 is 11.7 Å². The number of aromatic nitrogens is 5. The van der Waals surface area contributed by atoms with Crippen LogP contribution < -0.4 is 11.5 Å². The fourth-order valence-electron chi connectivity index (χ4n) is 5.08. The number of amides is 1. The first-order valence-electron chi connectivity index (χ1n) is 12.0. The van der Waals surface area contributed by atoms with E-state index in [-0.39, 0.29) is 11.6 Å². The molecular formula is C27H24FN7O2. The van der Waals surface area contributed by atoms with E-state index in [1.807, 2.05) is 41.1 Å². The van der Waals surface area contributed by atoms with Gasteiger partial charge in [0.2, 0.25) is 0 Å². The van der Waals surface area contributed by atoms with E-state index in [1.54, 1.807) is 22.8 Å². The topological polar surface area (TPSA) is 126 Å². The number of fused-ring (bicyclic) bond motifs is 1. The Balaban J connectivity index is 1.52. The number of halogens is 1. The van der Waals surface area contributed by atoms with Gasteiger partial charge in [-0.05, 0) is 48.2 Å². The number of nitrogen functional groups attached to an aromatic ring is 1. The number of nitrogens with zero attached hydrogens (tertiary/aromatic N) is 5. The molecule has 3 aromatic heterocycles. The summed E-state index contributed by atoms with van der Waals surface area (Å²) in [5.74, 6) is -1.14. The molecule has 2 aromatic carbocycles. The molecule has 1 aliphatic heterocycles. The number of rotatable bonds is 5. The molecule has 10 heteroatoms. The first-order valence-corrected chi connectivity index (χ1v) is 12.0. The summed E-state index contributed by atoms with van der Waals surface area (Å²) in [6.45, 7) is 1.38. The van der Waals surface area contributed by atoms with Crippen molar-refractivity contribution < 1.29 is 13.9 Å². The number of ether oxygens (including phenoxy) is 1. The number of anilines is 1. The third-order valence-corrected chi connectivity index (χ3v) is 6.80. The molecule has 37 heavy (non-hydrogen) atoms. The molecule has 0 unspecified atom stereocenters. The quantitative estimate of drug-likeness (QED) is 0.377. The third kappa shape index (κ3) is 3.91. The Hall–Kier alpha value is -4.57. The second kappa shape index (κ2) is 9.14. The van der Waals surface area contributed by atoms with Gasteiger partial charge in [-0.3, -0.25) is 9.48 Å². The smallest absolute Gasteiger partial charge is 0.252 e. The van der Waals surface area contributed by atoms with E-state index in [0.717, 1.165) is 35.4 Å². The molecule has 0 aliphatic carbocycles. The molecule has 0 spiro atoms. The lowest BCUT2D eigenvalue weighted by Crippen LogP contribution is -2.21. The van der Waals surface area contributed by atoms with Gasteiger partial charge in [-0.1, -0.05) is 30.3 Å². The zero-order chi connectivity index (χ0) is 25.5. The maximum absolute atomic E-state index is 14.5. The summed E-state index contributed by atoms with van der Waals surface area (Å²) >= 11 is 0. The Morgan fingerprint density at radius 3 is 2.57 bits per heavy atom. The molecule has 0 saturated carbocycles. The Morgan fingerprint density at radius 2 is 1.76 bits per heavy atom. The van der Waals surface area contributed by atoms with Gasteiger partial charge in [0.1, 0.15) is 17.7 Å². The van der Waals surface area contributed by atoms with E-state index in [0.29, 0.717) is 35.7 Å². The second-order valence-electron chi connectivity index (χ2n) is 8.96. The maximum atomic E-state index is 14.5. The molecule has 1 amide bonds. The molecule has 5 aromatic rings. The first-order chi connectivity index (χ1) is 18.0. The van der Waals surface area contributed by atoms with Crippen LogP contribution in [0, 0.1) is 5.82 Å². The van der Waals surface area contributed by atoms with Crippen molar-refractivity contribution in [1.82, 2.24) is 24.4 Å². The molecule has 186 valence electrons. The normalized spacial score (nSPS) is 14.3. The summed E-state index contributed by atoms with van der Waals surface area (Å²) in [4.78, 5) is 16.2. The van der Waals surface area contributed by atoms with Gasteiger partial charge in [-0.25, -0.2) is 13.9 Å². The minimum atomic E-state index is -0.823. The average Bonchev–Trinajstić information content (AvgIpc) is 3.55. The van der Waals surface area contributed by atoms with Crippen LogP contribution in [0.15, 0.2) is 67.1 Å². The lowest BCUT2D eigenvalue weighted by molar-refractivity contribution is 0.0667. The van der Waals surface area contributed by atoms with E-state index in [2.05, 4.69) is 15.2 Å². The molecule has 4 N–H and O–H groups in total. The zero-order valence-electron chi connectivity index (χ0n) is 19.8. The minimum absolute atomic E-state index is 0.146. The van der Waals surface area contributed by atoms with Gasteiger partial charge in [-0.15, -0.1) is 0 Å². The Kier molecular flexibility index (Phi) is 5.65. The predicted octanol–water partition coefficient (Wildman–Crippen LogP) is 4.10. The number of benzene rings is 2. The van der Waals surface area contributed by atoms with Crippen LogP contribution in [0.25, 0.3) is 39.2 Å². The van der Waals surface area contributed by atoms with Crippen molar-refractivity contribution in [3.8, 4) is 33.6 Å². The van der Waals surface area contributed by atoms with Crippen LogP contribution in [0.4, 0.5) is 10.2 Å². The van der Waals surface area contributed by atoms with Gasteiger partial charge in [0.15, 0.2) is 5.82 Å². The van der Waals surface area contributed by atoms with Crippen LogP contribution in [0.1, 0.15) is 29.2 Å². The Morgan fingerprint density at radius 1 is 0.973 bits per heavy atom. The number of hydrogen-bond acceptors (Lipinski definition) is 6. The Labute approximate surface area is 211 Å². The third-order valence-electron chi connectivity index (χ3n) is 6.80. The predicted molar refractivity (Wildman–Crippen MR) is 137 cm³/mol. The average molecular weight is 498 g/mol. The number of hydrogen-bond donors (Lipinski definition) is 2. The summed E-state index contributed by atoms with van der Waals surface area (Å²) in [5, 5.41) is 9.11. The number of carbonyl (C=O) groups excluding carboxylic acids is 1. The van der Waals surface area contributed by atoms with Gasteiger partial charge in [0.05, 0.1) is 23.0 Å². The van der Waals surface area contributed by atoms with Crippen molar-refractivity contribution >= 4 is 17.2 Å². The highest BCUT2D eigenvalue weighted by molar-refractivity contribution is 6.00. The zero-order valence-corrected chi connectivity index (χ0v) is 19.8. The monoisotopic (exact) mass is 497 g/mol. The van der Waals surface area contributed by atoms with Crippen LogP contribution in [-0.2, 0) is 4.74 Å². The minimum Gasteiger partial charge on any atom is -0.382 e. The number of carbonyl (C=O) groups is 1. The standard InChI is InChI=1S/C27H24FN7O2/c28-21-6-2-5-19(24(21)27(30)36)16-3-1-4-17(13-16)23-14-20(25-26(29)31-15-33-35(23)25)22-7-10-32-34(22)18-8-11-37-12-9-18/h1-7,10,13-15,18H,8-9,11-12H2,(H2,30,36)(H2,29,31,33). The summed E-state index contributed by atoms with van der Waals surface area (Å²) in [7, 11) is 0. The molecule has 1 saturated heterocycles. The lowest BCUT2D eigenvalue weighted by atomic mass is 9.96. The lowest BCUT2D eigenvalue weighted by Gasteiger charge is -2.24. The van der Waals surface area contributed by atoms with Gasteiger partial charge in [0, 0.05) is 30.5 Å². The highest BCUT2D eigenvalue weighted by atomic mass is 19.1. The first kappa shape index (κ1) is 22.9. The van der Waals surface area contributed by atoms with Crippen LogP contribution in [0.2, 0.25) is 0 Å². The Bertz CT molecular complexity index is 1640. The van der Waals surface area contributed by atoms with Crippen molar-refractivity contribution in [2.24, 2.45) is 5.73 Å². The highest BCUT2D eigenvalue weighted by Gasteiger charge is 2.24. The molecular weight excluding hydrogens is 473 g/mol. The SMILES string of the molecule is NC(=O)c1c(F)cccc1-c1cccc(-c2cc(-c3ccnn3C3CCOCC3)c3c(N)ncnn23)c1. The van der Waals surface area contributed by atoms with E-state index >= 15 is 0 Å². The van der Waals surface area contributed by atoms with Crippen LogP contribution in [0.5, 0.6) is 0 Å². The largest absolute Gasteiger partial charge is 0.382 e. The summed E-state index contributed by atoms with van der Waals surface area (Å²) < 4.78 is 23.8. The molecule has 0 bridgehead atoms. The maximum Gasteiger partial charge on any atom is 0.252 e. The van der Waals surface area contributed by atoms with Crippen LogP contribution in [-0.4, -0.2) is 43.5 Å². The van der Waals surface area contributed by atoms with E-state index in [1.165, 1.54) is 12.4 Å². The molecule has 0 atom stereocenters. The molecule has 6 rings (SSSR count). The van der Waals surface area contributed by atoms with E-state index in [9.17, 15) is 9.18 Å². The summed E-state index contributed by atoms with van der Waals surface area (Å²) in [6.07, 6.45) is 4.94. The molecule has 1 aliphatic rings. The van der Waals surface area contributed by atoms with Gasteiger partial charge in [0.25, 0.3) is 5.91 Å². The number of primary amides is 1. The van der Waals surface area contributed by atoms with Crippen molar-refractivity contribution in [3.05, 3.63) is 78.5 Å². The van der Waals surface area contributed by atoms with Gasteiger partial charge >= 0.3 is 0 Å². The second-order valence-corrected chi connectivity index (χ2v) is 8.96. The van der Waals surface area contributed by atoms with Crippen molar-refractivity contribution in [1.29, 1.82) is 0 Å². The van der Waals surface area contributed by atoms with Crippen molar-refractivity contribution in [2.45, 2.75) is 18.9 Å².